The molecule has 21 heavy (non-hydrogen) atoms. The molecule has 2 rings (SSSR count). The second-order valence-corrected chi connectivity index (χ2v) is 5.53. The van der Waals surface area contributed by atoms with Crippen LogP contribution in [0.1, 0.15) is 58.4 Å². The Morgan fingerprint density at radius 3 is 2.05 bits per heavy atom. The van der Waals surface area contributed by atoms with E-state index >= 15 is 0 Å². The molecule has 1 aromatic rings. The van der Waals surface area contributed by atoms with E-state index in [4.69, 9.17) is 11.6 Å². The number of benzene rings is 1. The maximum Gasteiger partial charge on any atom is 0.0406 e. The first kappa shape index (κ1) is 20.8. The molecule has 0 amide bonds. The molecule has 1 saturated carbocycles. The maximum absolute atomic E-state index is 5.98. The van der Waals surface area contributed by atoms with Gasteiger partial charge in [0, 0.05) is 11.4 Å². The van der Waals surface area contributed by atoms with E-state index in [-0.39, 0.29) is 0 Å². The molecule has 3 heteroatoms. The highest BCUT2D eigenvalue weighted by atomic mass is 35.5. The molecular weight excluding hydrogens is 301 g/mol. The van der Waals surface area contributed by atoms with Gasteiger partial charge in [-0.2, -0.15) is 0 Å². The Bertz CT molecular complexity index is 343. The van der Waals surface area contributed by atoms with Crippen LogP contribution in [0, 0.1) is 0 Å². The highest BCUT2D eigenvalue weighted by molar-refractivity contribution is 6.30. The molecule has 122 valence electrons. The summed E-state index contributed by atoms with van der Waals surface area (Å²) < 4.78 is 0. The molecule has 1 aromatic carbocycles. The van der Waals surface area contributed by atoms with Crippen molar-refractivity contribution in [2.45, 2.75) is 58.3 Å². The van der Waals surface area contributed by atoms with E-state index in [1.54, 1.807) is 0 Å². The smallest absolute Gasteiger partial charge is 0.0406 e. The van der Waals surface area contributed by atoms with Gasteiger partial charge in [-0.15, -0.1) is 11.6 Å². The fourth-order valence-corrected chi connectivity index (χ4v) is 3.17. The van der Waals surface area contributed by atoms with Crippen molar-refractivity contribution in [2.75, 3.05) is 19.5 Å². The molecule has 0 heterocycles. The van der Waals surface area contributed by atoms with Gasteiger partial charge < -0.3 is 5.32 Å². The lowest BCUT2D eigenvalue weighted by Crippen LogP contribution is -2.28. The molecule has 1 nitrogen and oxygen atoms in total. The summed E-state index contributed by atoms with van der Waals surface area (Å²) in [4.78, 5) is 0. The second kappa shape index (κ2) is 12.3. The number of hydrogen-bond acceptors (Lipinski definition) is 1. The van der Waals surface area contributed by atoms with Gasteiger partial charge in [-0.1, -0.05) is 57.3 Å². The van der Waals surface area contributed by atoms with Crippen LogP contribution < -0.4 is 5.32 Å². The number of nitrogens with one attached hydrogen (secondary N) is 1. The van der Waals surface area contributed by atoms with Crippen LogP contribution in [0.15, 0.2) is 24.3 Å². The van der Waals surface area contributed by atoms with Crippen molar-refractivity contribution in [3.63, 3.8) is 0 Å². The summed E-state index contributed by atoms with van der Waals surface area (Å²) in [6, 6.07) is 8.51. The van der Waals surface area contributed by atoms with E-state index in [1.807, 2.05) is 26.0 Å². The van der Waals surface area contributed by atoms with Crippen molar-refractivity contribution < 1.29 is 0 Å². The third-order valence-electron chi connectivity index (χ3n) is 4.05. The second-order valence-electron chi connectivity index (χ2n) is 5.10. The predicted octanol–water partition coefficient (Wildman–Crippen LogP) is 6.03. The SMILES string of the molecule is CC.CCNCCC1(c2ccc(Cl)cc2)CCCC1.CCl. The Hall–Kier alpha value is -0.240. The lowest BCUT2D eigenvalue weighted by Gasteiger charge is -2.30. The largest absolute Gasteiger partial charge is 0.317 e. The van der Waals surface area contributed by atoms with Crippen LogP contribution in [0.2, 0.25) is 5.02 Å². The molecule has 0 atom stereocenters. The quantitative estimate of drug-likeness (QED) is 0.512. The fourth-order valence-electron chi connectivity index (χ4n) is 3.04. The molecule has 1 aliphatic rings. The topological polar surface area (TPSA) is 12.0 Å². The van der Waals surface area contributed by atoms with Gasteiger partial charge in [0.05, 0.1) is 0 Å². The van der Waals surface area contributed by atoms with E-state index in [0.29, 0.717) is 5.41 Å². The van der Waals surface area contributed by atoms with E-state index in [0.717, 1.165) is 18.1 Å². The van der Waals surface area contributed by atoms with Crippen LogP contribution >= 0.6 is 23.2 Å². The van der Waals surface area contributed by atoms with Crippen molar-refractivity contribution in [3.8, 4) is 0 Å². The van der Waals surface area contributed by atoms with Crippen LogP contribution in [0.25, 0.3) is 0 Å². The molecule has 0 bridgehead atoms. The average Bonchev–Trinajstić information content (AvgIpc) is 3.02. The Balaban J connectivity index is 0.000000921. The molecule has 0 unspecified atom stereocenters. The van der Waals surface area contributed by atoms with Crippen LogP contribution in [0.3, 0.4) is 0 Å². The van der Waals surface area contributed by atoms with Crippen molar-refractivity contribution >= 4 is 23.2 Å². The first-order valence-corrected chi connectivity index (χ1v) is 9.25. The first-order valence-electron chi connectivity index (χ1n) is 8.11. The summed E-state index contributed by atoms with van der Waals surface area (Å²) >= 11 is 10.6. The molecule has 1 aliphatic carbocycles. The van der Waals surface area contributed by atoms with Gasteiger partial charge in [0.2, 0.25) is 0 Å². The van der Waals surface area contributed by atoms with Crippen LogP contribution in [-0.4, -0.2) is 19.5 Å². The van der Waals surface area contributed by atoms with Gasteiger partial charge >= 0.3 is 0 Å². The maximum atomic E-state index is 5.98. The summed E-state index contributed by atoms with van der Waals surface area (Å²) in [6.45, 7) is 8.36. The summed E-state index contributed by atoms with van der Waals surface area (Å²) in [5.74, 6) is 0. The van der Waals surface area contributed by atoms with Gasteiger partial charge in [-0.05, 0) is 55.5 Å². The normalized spacial score (nSPS) is 15.5. The number of halogens is 2. The van der Waals surface area contributed by atoms with E-state index in [9.17, 15) is 0 Å². The van der Waals surface area contributed by atoms with E-state index < -0.39 is 0 Å². The van der Waals surface area contributed by atoms with E-state index in [2.05, 4.69) is 36.0 Å². The van der Waals surface area contributed by atoms with Crippen molar-refractivity contribution in [2.24, 2.45) is 0 Å². The lowest BCUT2D eigenvalue weighted by molar-refractivity contribution is 0.395. The first-order chi connectivity index (χ1) is 10.3. The molecule has 1 fully saturated rings. The van der Waals surface area contributed by atoms with Gasteiger partial charge in [0.25, 0.3) is 0 Å². The minimum atomic E-state index is 0.409. The molecule has 0 aromatic heterocycles. The lowest BCUT2D eigenvalue weighted by atomic mass is 9.76. The van der Waals surface area contributed by atoms with Gasteiger partial charge in [-0.3, -0.25) is 0 Å². The molecule has 0 spiro atoms. The van der Waals surface area contributed by atoms with Gasteiger partial charge in [-0.25, -0.2) is 0 Å². The Labute approximate surface area is 141 Å². The van der Waals surface area contributed by atoms with Crippen LogP contribution in [0.5, 0.6) is 0 Å². The Kier molecular flexibility index (Phi) is 12.2. The summed E-state index contributed by atoms with van der Waals surface area (Å²) in [6.07, 6.45) is 8.13. The zero-order valence-electron chi connectivity index (χ0n) is 14.0. The summed E-state index contributed by atoms with van der Waals surface area (Å²) in [5, 5.41) is 4.30. The minimum absolute atomic E-state index is 0.409. The third-order valence-corrected chi connectivity index (χ3v) is 4.30. The van der Waals surface area contributed by atoms with Crippen LogP contribution in [-0.2, 0) is 5.41 Å². The third kappa shape index (κ3) is 6.59. The highest BCUT2D eigenvalue weighted by Gasteiger charge is 2.34. The van der Waals surface area contributed by atoms with E-state index in [1.165, 1.54) is 44.1 Å². The van der Waals surface area contributed by atoms with Crippen LogP contribution in [0.4, 0.5) is 0 Å². The fraction of sp³-hybridized carbons (Fsp3) is 0.667. The average molecular weight is 332 g/mol. The monoisotopic (exact) mass is 331 g/mol. The summed E-state index contributed by atoms with van der Waals surface area (Å²) in [5.41, 5.74) is 1.89. The number of hydrogen-bond donors (Lipinski definition) is 1. The van der Waals surface area contributed by atoms with Gasteiger partial charge in [0.15, 0.2) is 0 Å². The zero-order valence-corrected chi connectivity index (χ0v) is 15.5. The van der Waals surface area contributed by atoms with Crippen molar-refractivity contribution in [1.29, 1.82) is 0 Å². The minimum Gasteiger partial charge on any atom is -0.317 e. The van der Waals surface area contributed by atoms with Crippen molar-refractivity contribution in [3.05, 3.63) is 34.9 Å². The molecule has 0 radical (unpaired) electrons. The molecule has 0 aliphatic heterocycles. The standard InChI is InChI=1S/C15H22ClN.C2H6.CH3Cl/c1-2-17-12-11-15(9-3-4-10-15)13-5-7-14(16)8-6-13;2*1-2/h5-8,17H,2-4,9-12H2,1H3;1-2H3;1H3. The van der Waals surface area contributed by atoms with Crippen molar-refractivity contribution in [1.82, 2.24) is 5.32 Å². The Morgan fingerprint density at radius 2 is 1.57 bits per heavy atom. The highest BCUT2D eigenvalue weighted by Crippen LogP contribution is 2.43. The number of alkyl halides is 1. The molecule has 1 N–H and O–H groups in total. The summed E-state index contributed by atoms with van der Waals surface area (Å²) in [7, 11) is 0. The number of rotatable bonds is 5. The molecule has 0 saturated heterocycles. The Morgan fingerprint density at radius 1 is 1.05 bits per heavy atom. The molecular formula is C18H31Cl2N. The van der Waals surface area contributed by atoms with Gasteiger partial charge in [0.1, 0.15) is 0 Å². The predicted molar refractivity (Wildman–Crippen MR) is 97.9 cm³/mol. The zero-order chi connectivity index (χ0) is 16.1.